The van der Waals surface area contributed by atoms with E-state index in [1.165, 1.54) is 11.1 Å². The van der Waals surface area contributed by atoms with E-state index in [1.807, 2.05) is 6.92 Å². The maximum absolute atomic E-state index is 5.94. The van der Waals surface area contributed by atoms with Crippen molar-refractivity contribution in [3.63, 3.8) is 0 Å². The molecule has 2 aromatic rings. The highest BCUT2D eigenvalue weighted by molar-refractivity contribution is 5.88. The largest absolute Gasteiger partial charge is 0.488 e. The molecular weight excluding hydrogens is 212 g/mol. The molecule has 0 radical (unpaired) electrons. The SMILES string of the molecule is Cc1ccc2nc(C)c3c(c2c1)O[C@H](CN)C3. The molecule has 1 aromatic carbocycles. The number of fused-ring (bicyclic) bond motifs is 3. The van der Waals surface area contributed by atoms with Crippen LogP contribution in [0.5, 0.6) is 5.75 Å². The molecule has 0 spiro atoms. The van der Waals surface area contributed by atoms with Gasteiger partial charge in [-0.15, -0.1) is 0 Å². The molecule has 3 rings (SSSR count). The lowest BCUT2D eigenvalue weighted by Crippen LogP contribution is -2.24. The maximum Gasteiger partial charge on any atom is 0.134 e. The summed E-state index contributed by atoms with van der Waals surface area (Å²) in [6.07, 6.45) is 0.991. The second-order valence-corrected chi connectivity index (χ2v) is 4.71. The summed E-state index contributed by atoms with van der Waals surface area (Å²) < 4.78 is 5.94. The molecule has 0 bridgehead atoms. The maximum atomic E-state index is 5.94. The number of nitrogens with zero attached hydrogens (tertiary/aromatic N) is 1. The molecule has 0 amide bonds. The number of hydrogen-bond donors (Lipinski definition) is 1. The van der Waals surface area contributed by atoms with Crippen molar-refractivity contribution < 1.29 is 4.74 Å². The first kappa shape index (κ1) is 10.5. The van der Waals surface area contributed by atoms with Gasteiger partial charge in [-0.2, -0.15) is 0 Å². The zero-order valence-corrected chi connectivity index (χ0v) is 10.2. The molecule has 1 aliphatic heterocycles. The van der Waals surface area contributed by atoms with E-state index in [1.54, 1.807) is 0 Å². The highest BCUT2D eigenvalue weighted by atomic mass is 16.5. The Bertz CT molecular complexity index is 592. The van der Waals surface area contributed by atoms with Gasteiger partial charge in [-0.1, -0.05) is 11.6 Å². The normalized spacial score (nSPS) is 18.2. The van der Waals surface area contributed by atoms with Crippen LogP contribution in [0.4, 0.5) is 0 Å². The number of hydrogen-bond acceptors (Lipinski definition) is 3. The van der Waals surface area contributed by atoms with Crippen molar-refractivity contribution in [2.45, 2.75) is 26.4 Å². The summed E-state index contributed by atoms with van der Waals surface area (Å²) in [7, 11) is 0. The van der Waals surface area contributed by atoms with Crippen molar-refractivity contribution in [1.82, 2.24) is 4.98 Å². The monoisotopic (exact) mass is 228 g/mol. The van der Waals surface area contributed by atoms with Gasteiger partial charge >= 0.3 is 0 Å². The molecule has 0 saturated carbocycles. The minimum absolute atomic E-state index is 0.108. The molecule has 1 aliphatic rings. The van der Waals surface area contributed by atoms with Gasteiger partial charge in [0.05, 0.1) is 5.52 Å². The number of ether oxygens (including phenoxy) is 1. The van der Waals surface area contributed by atoms with Gasteiger partial charge in [0.2, 0.25) is 0 Å². The second-order valence-electron chi connectivity index (χ2n) is 4.71. The van der Waals surface area contributed by atoms with Gasteiger partial charge in [-0.05, 0) is 26.0 Å². The van der Waals surface area contributed by atoms with Crippen LogP contribution in [0.25, 0.3) is 10.9 Å². The number of rotatable bonds is 1. The number of nitrogens with two attached hydrogens (primary N) is 1. The first-order valence-corrected chi connectivity index (χ1v) is 5.95. The lowest BCUT2D eigenvalue weighted by Gasteiger charge is -2.09. The Balaban J connectivity index is 2.28. The number of aromatic nitrogens is 1. The predicted octanol–water partition coefficient (Wildman–Crippen LogP) is 2.11. The fourth-order valence-corrected chi connectivity index (χ4v) is 2.45. The van der Waals surface area contributed by atoms with Crippen LogP contribution in [0.3, 0.4) is 0 Å². The molecule has 0 unspecified atom stereocenters. The number of pyridine rings is 1. The van der Waals surface area contributed by atoms with Crippen LogP contribution in [0.1, 0.15) is 16.8 Å². The lowest BCUT2D eigenvalue weighted by molar-refractivity contribution is 0.244. The van der Waals surface area contributed by atoms with E-state index in [9.17, 15) is 0 Å². The fourth-order valence-electron chi connectivity index (χ4n) is 2.45. The van der Waals surface area contributed by atoms with Crippen LogP contribution in [0.15, 0.2) is 18.2 Å². The minimum Gasteiger partial charge on any atom is -0.488 e. The molecule has 3 heteroatoms. The van der Waals surface area contributed by atoms with Crippen LogP contribution in [0.2, 0.25) is 0 Å². The molecule has 2 N–H and O–H groups in total. The van der Waals surface area contributed by atoms with Gasteiger partial charge in [-0.25, -0.2) is 0 Å². The van der Waals surface area contributed by atoms with Crippen molar-refractivity contribution >= 4 is 10.9 Å². The first-order valence-electron chi connectivity index (χ1n) is 5.95. The van der Waals surface area contributed by atoms with E-state index in [-0.39, 0.29) is 6.10 Å². The zero-order valence-electron chi connectivity index (χ0n) is 10.2. The Kier molecular flexibility index (Phi) is 2.30. The topological polar surface area (TPSA) is 48.1 Å². The molecule has 0 fully saturated rings. The summed E-state index contributed by atoms with van der Waals surface area (Å²) in [5.74, 6) is 0.992. The summed E-state index contributed by atoms with van der Waals surface area (Å²) >= 11 is 0. The zero-order chi connectivity index (χ0) is 12.0. The molecule has 1 aromatic heterocycles. The Labute approximate surface area is 101 Å². The predicted molar refractivity (Wildman–Crippen MR) is 68.4 cm³/mol. The first-order chi connectivity index (χ1) is 8.19. The average molecular weight is 228 g/mol. The highest BCUT2D eigenvalue weighted by Gasteiger charge is 2.26. The van der Waals surface area contributed by atoms with E-state index in [2.05, 4.69) is 30.1 Å². The quantitative estimate of drug-likeness (QED) is 0.813. The van der Waals surface area contributed by atoms with E-state index in [4.69, 9.17) is 10.5 Å². The third kappa shape index (κ3) is 1.58. The number of aryl methyl sites for hydroxylation is 2. The minimum atomic E-state index is 0.108. The standard InChI is InChI=1S/C14H16N2O/c1-8-3-4-13-12(5-8)14-11(9(2)16-13)6-10(7-15)17-14/h3-5,10H,6-7,15H2,1-2H3/t10-/m0/s1. The average Bonchev–Trinajstić information content (AvgIpc) is 2.75. The van der Waals surface area contributed by atoms with Crippen molar-refractivity contribution in [2.75, 3.05) is 6.54 Å². The van der Waals surface area contributed by atoms with E-state index in [0.29, 0.717) is 6.54 Å². The molecule has 88 valence electrons. The van der Waals surface area contributed by atoms with Crippen LogP contribution >= 0.6 is 0 Å². The van der Waals surface area contributed by atoms with E-state index >= 15 is 0 Å². The fraction of sp³-hybridized carbons (Fsp3) is 0.357. The Morgan fingerprint density at radius 1 is 1.41 bits per heavy atom. The van der Waals surface area contributed by atoms with Gasteiger partial charge in [0.15, 0.2) is 0 Å². The Morgan fingerprint density at radius 2 is 2.24 bits per heavy atom. The summed E-state index contributed by atoms with van der Waals surface area (Å²) in [5, 5.41) is 1.11. The molecule has 0 saturated heterocycles. The lowest BCUT2D eigenvalue weighted by atomic mass is 10.0. The molecule has 17 heavy (non-hydrogen) atoms. The van der Waals surface area contributed by atoms with Crippen LogP contribution in [0, 0.1) is 13.8 Å². The van der Waals surface area contributed by atoms with Gasteiger partial charge in [-0.3, -0.25) is 4.98 Å². The van der Waals surface area contributed by atoms with E-state index < -0.39 is 0 Å². The van der Waals surface area contributed by atoms with Gasteiger partial charge in [0.25, 0.3) is 0 Å². The second kappa shape index (κ2) is 3.70. The smallest absolute Gasteiger partial charge is 0.134 e. The summed E-state index contributed by atoms with van der Waals surface area (Å²) in [5.41, 5.74) is 10.2. The van der Waals surface area contributed by atoms with Crippen molar-refractivity contribution in [1.29, 1.82) is 0 Å². The Morgan fingerprint density at radius 3 is 3.00 bits per heavy atom. The third-order valence-corrected chi connectivity index (χ3v) is 3.37. The molecule has 2 heterocycles. The van der Waals surface area contributed by atoms with Gasteiger partial charge in [0.1, 0.15) is 11.9 Å². The Hall–Kier alpha value is -1.61. The van der Waals surface area contributed by atoms with Crippen LogP contribution < -0.4 is 10.5 Å². The van der Waals surface area contributed by atoms with E-state index in [0.717, 1.165) is 28.8 Å². The highest BCUT2D eigenvalue weighted by Crippen LogP contribution is 2.37. The summed E-state index contributed by atoms with van der Waals surface area (Å²) in [6, 6.07) is 6.27. The van der Waals surface area contributed by atoms with Gasteiger partial charge < -0.3 is 10.5 Å². The van der Waals surface area contributed by atoms with Gasteiger partial charge in [0, 0.05) is 29.6 Å². The number of benzene rings is 1. The summed E-state index contributed by atoms with van der Waals surface area (Å²) in [6.45, 7) is 4.68. The molecule has 1 atom stereocenters. The van der Waals surface area contributed by atoms with Crippen LogP contribution in [-0.4, -0.2) is 17.6 Å². The molecule has 0 aliphatic carbocycles. The third-order valence-electron chi connectivity index (χ3n) is 3.37. The molecule has 3 nitrogen and oxygen atoms in total. The summed E-state index contributed by atoms with van der Waals surface area (Å²) in [4.78, 5) is 4.64. The van der Waals surface area contributed by atoms with Crippen molar-refractivity contribution in [2.24, 2.45) is 5.73 Å². The van der Waals surface area contributed by atoms with Crippen molar-refractivity contribution in [3.05, 3.63) is 35.0 Å². The van der Waals surface area contributed by atoms with Crippen LogP contribution in [-0.2, 0) is 6.42 Å². The van der Waals surface area contributed by atoms with Crippen molar-refractivity contribution in [3.8, 4) is 5.75 Å². The molecular formula is C14H16N2O.